The molecule has 0 saturated heterocycles. The van der Waals surface area contributed by atoms with E-state index in [1.165, 1.54) is 5.56 Å². The molecule has 0 fully saturated rings. The van der Waals surface area contributed by atoms with Gasteiger partial charge in [-0.15, -0.1) is 0 Å². The minimum atomic E-state index is -6.72. The van der Waals surface area contributed by atoms with Crippen molar-refractivity contribution in [1.82, 2.24) is 0 Å². The van der Waals surface area contributed by atoms with E-state index in [9.17, 15) is 43.2 Å². The second-order valence-corrected chi connectivity index (χ2v) is 12.4. The van der Waals surface area contributed by atoms with Crippen LogP contribution in [-0.4, -0.2) is 58.0 Å². The lowest BCUT2D eigenvalue weighted by Crippen LogP contribution is -2.60. The summed E-state index contributed by atoms with van der Waals surface area (Å²) < 4.78 is 128. The second kappa shape index (κ2) is 11.2. The van der Waals surface area contributed by atoms with E-state index in [0.717, 1.165) is 10.5 Å². The number of hydrogen-bond donors (Lipinski definition) is 0. The third-order valence-electron chi connectivity index (χ3n) is 3.76. The van der Waals surface area contributed by atoms with Crippen LogP contribution in [0, 0.1) is 6.92 Å². The van der Waals surface area contributed by atoms with E-state index in [2.05, 4.69) is 30.7 Å². The molecule has 0 radical (unpaired) electrons. The third kappa shape index (κ3) is 7.63. The Bertz CT molecular complexity index is 901. The number of aromatic nitrogens is 1. The predicted octanol–water partition coefficient (Wildman–Crippen LogP) is 2.71. The Morgan fingerprint density at radius 3 is 1.66 bits per heavy atom. The monoisotopic (exact) mass is 536 g/mol. The molecule has 0 aliphatic carbocycles. The van der Waals surface area contributed by atoms with Crippen LogP contribution in [0.3, 0.4) is 0 Å². The van der Waals surface area contributed by atoms with Crippen LogP contribution in [-0.2, 0) is 33.3 Å². The SMILES string of the molecule is CCC([n+]1cccc(C)c1)[Si](OC)(OC)OC.O=S(=O)([N-]S(=O)(=O)C(F)(F)F)C(F)(F)F. The van der Waals surface area contributed by atoms with Crippen LogP contribution < -0.4 is 4.57 Å². The first kappa shape index (κ1) is 30.7. The van der Waals surface area contributed by atoms with Crippen molar-refractivity contribution in [2.75, 3.05) is 21.3 Å². The van der Waals surface area contributed by atoms with Crippen molar-refractivity contribution >= 4 is 28.9 Å². The van der Waals surface area contributed by atoms with Gasteiger partial charge in [0.2, 0.25) is 5.67 Å². The van der Waals surface area contributed by atoms with Crippen molar-refractivity contribution in [3.63, 3.8) is 0 Å². The number of sulfonamides is 2. The van der Waals surface area contributed by atoms with Crippen LogP contribution in [0.4, 0.5) is 26.3 Å². The lowest BCUT2D eigenvalue weighted by Gasteiger charge is -2.27. The van der Waals surface area contributed by atoms with E-state index in [4.69, 9.17) is 13.3 Å². The van der Waals surface area contributed by atoms with E-state index < -0.39 is 39.9 Å². The summed E-state index contributed by atoms with van der Waals surface area (Å²) in [6, 6.07) is 4.09. The standard InChI is InChI=1S/C12H22NO3Si.C2F6NO4S2/c1-6-12(17(14-3,15-4)16-5)13-9-7-8-11(2)10-13;3-1(4,5)14(10,11)9-15(12,13)2(6,7)8/h7-10,12H,6H2,1-5H3;/q+1;-1. The summed E-state index contributed by atoms with van der Waals surface area (Å²) in [4.78, 5) is 0. The first-order valence-electron chi connectivity index (χ1n) is 8.33. The predicted molar refractivity (Wildman–Crippen MR) is 101 cm³/mol. The second-order valence-electron chi connectivity index (χ2n) is 5.88. The zero-order chi connectivity index (χ0) is 25.6. The van der Waals surface area contributed by atoms with Gasteiger partial charge < -0.3 is 17.4 Å². The zero-order valence-electron chi connectivity index (χ0n) is 17.4. The van der Waals surface area contributed by atoms with Crippen molar-refractivity contribution in [2.24, 2.45) is 0 Å². The highest BCUT2D eigenvalue weighted by Crippen LogP contribution is 2.36. The number of alkyl halides is 6. The number of hydrogen-bond acceptors (Lipinski definition) is 7. The maximum Gasteiger partial charge on any atom is 0.572 e. The number of rotatable bonds is 8. The van der Waals surface area contributed by atoms with Crippen molar-refractivity contribution in [1.29, 1.82) is 0 Å². The van der Waals surface area contributed by atoms with Gasteiger partial charge in [-0.25, -0.2) is 16.8 Å². The Labute approximate surface area is 182 Å². The van der Waals surface area contributed by atoms with Gasteiger partial charge in [0.05, 0.1) is 0 Å². The molecule has 0 N–H and O–H groups in total. The molecule has 1 aromatic heterocycles. The highest BCUT2D eigenvalue weighted by molar-refractivity contribution is 8.13. The summed E-state index contributed by atoms with van der Waals surface area (Å²) in [5, 5.41) is 0. The lowest BCUT2D eigenvalue weighted by molar-refractivity contribution is -0.710. The minimum Gasteiger partial charge on any atom is -0.421 e. The molecule has 9 nitrogen and oxygen atoms in total. The normalized spacial score (nSPS) is 14.5. The zero-order valence-corrected chi connectivity index (χ0v) is 20.1. The maximum atomic E-state index is 11.4. The average Bonchev–Trinajstić information content (AvgIpc) is 2.64. The average molecular weight is 537 g/mol. The van der Waals surface area contributed by atoms with Gasteiger partial charge in [-0.05, 0) is 13.0 Å². The molecule has 0 spiro atoms. The van der Waals surface area contributed by atoms with Gasteiger partial charge in [0.1, 0.15) is 0 Å². The Morgan fingerprint density at radius 2 is 1.38 bits per heavy atom. The molecule has 0 aliphatic rings. The fraction of sp³-hybridized carbons (Fsp3) is 0.643. The first-order valence-corrected chi connectivity index (χ1v) is 13.0. The van der Waals surface area contributed by atoms with E-state index in [1.54, 1.807) is 21.3 Å². The van der Waals surface area contributed by atoms with Crippen molar-refractivity contribution in [3.8, 4) is 0 Å². The van der Waals surface area contributed by atoms with E-state index in [0.29, 0.717) is 0 Å². The fourth-order valence-electron chi connectivity index (χ4n) is 2.32. The molecule has 18 heteroatoms. The van der Waals surface area contributed by atoms with Crippen LogP contribution in [0.5, 0.6) is 0 Å². The Kier molecular flexibility index (Phi) is 10.7. The van der Waals surface area contributed by atoms with Crippen molar-refractivity contribution in [3.05, 3.63) is 34.2 Å². The number of pyridine rings is 1. The van der Waals surface area contributed by atoms with Gasteiger partial charge in [0.15, 0.2) is 32.4 Å². The first-order chi connectivity index (χ1) is 14.3. The van der Waals surface area contributed by atoms with E-state index in [-0.39, 0.29) is 5.67 Å². The lowest BCUT2D eigenvalue weighted by atomic mass is 10.3. The molecule has 188 valence electrons. The molecule has 0 amide bonds. The molecule has 1 aromatic rings. The summed E-state index contributed by atoms with van der Waals surface area (Å²) in [5.41, 5.74) is -11.1. The van der Waals surface area contributed by atoms with Gasteiger partial charge >= 0.3 is 19.8 Å². The topological polar surface area (TPSA) is 114 Å². The molecule has 1 rings (SSSR count). The van der Waals surface area contributed by atoms with Crippen LogP contribution >= 0.6 is 0 Å². The molecular weight excluding hydrogens is 514 g/mol. The number of halogens is 6. The van der Waals surface area contributed by atoms with Gasteiger partial charge in [-0.3, -0.25) is 0 Å². The van der Waals surface area contributed by atoms with Crippen LogP contribution in [0.2, 0.25) is 0 Å². The Morgan fingerprint density at radius 1 is 0.969 bits per heavy atom. The number of nitrogens with zero attached hydrogens (tertiary/aromatic N) is 2. The summed E-state index contributed by atoms with van der Waals surface area (Å²) in [6.07, 6.45) is 5.02. The molecule has 0 bridgehead atoms. The number of aryl methyl sites for hydroxylation is 1. The molecule has 1 heterocycles. The van der Waals surface area contributed by atoms with Crippen LogP contribution in [0.1, 0.15) is 24.6 Å². The third-order valence-corrected chi connectivity index (χ3v) is 9.73. The maximum absolute atomic E-state index is 11.4. The van der Waals surface area contributed by atoms with Crippen molar-refractivity contribution in [2.45, 2.75) is 37.0 Å². The largest absolute Gasteiger partial charge is 0.572 e. The summed E-state index contributed by atoms with van der Waals surface area (Å²) in [7, 11) is -11.1. The molecule has 0 aromatic carbocycles. The minimum absolute atomic E-state index is 0.0994. The highest BCUT2D eigenvalue weighted by Gasteiger charge is 2.53. The Hall–Kier alpha value is -1.31. The summed E-state index contributed by atoms with van der Waals surface area (Å²) in [5.74, 6) is 0. The Balaban J connectivity index is 0.000000607. The van der Waals surface area contributed by atoms with E-state index >= 15 is 0 Å². The molecule has 32 heavy (non-hydrogen) atoms. The fourth-order valence-corrected chi connectivity index (χ4v) is 6.38. The van der Waals surface area contributed by atoms with Gasteiger partial charge in [0, 0.05) is 39.4 Å². The molecule has 0 saturated carbocycles. The van der Waals surface area contributed by atoms with Gasteiger partial charge in [0.25, 0.3) is 0 Å². The molecule has 1 unspecified atom stereocenters. The summed E-state index contributed by atoms with van der Waals surface area (Å²) in [6.45, 7) is 4.18. The van der Waals surface area contributed by atoms with Crippen LogP contribution in [0.15, 0.2) is 24.5 Å². The molecule has 0 aliphatic heterocycles. The van der Waals surface area contributed by atoms with Gasteiger partial charge in [-0.1, -0.05) is 6.92 Å². The van der Waals surface area contributed by atoms with Crippen molar-refractivity contribution < 1.29 is 61.0 Å². The smallest absolute Gasteiger partial charge is 0.421 e. The van der Waals surface area contributed by atoms with Gasteiger partial charge in [-0.2, -0.15) is 30.9 Å². The molecular formula is C14H22F6N2O7S2Si. The van der Waals surface area contributed by atoms with Crippen LogP contribution in [0.25, 0.3) is 4.13 Å². The highest BCUT2D eigenvalue weighted by atomic mass is 32.3. The quantitative estimate of drug-likeness (QED) is 0.285. The molecule has 1 atom stereocenters. The summed E-state index contributed by atoms with van der Waals surface area (Å²) >= 11 is 0. The van der Waals surface area contributed by atoms with E-state index in [1.807, 2.05) is 12.3 Å².